The molecule has 0 aromatic heterocycles. The normalized spacial score (nSPS) is 14.0. The minimum Gasteiger partial charge on any atom is -0.497 e. The zero-order chi connectivity index (χ0) is 14.8. The molecule has 1 N–H and O–H groups in total. The Morgan fingerprint density at radius 3 is 2.81 bits per heavy atom. The molecule has 0 spiro atoms. The molecule has 1 atom stereocenters. The van der Waals surface area contributed by atoms with E-state index < -0.39 is 6.10 Å². The molecule has 0 saturated carbocycles. The summed E-state index contributed by atoms with van der Waals surface area (Å²) in [6, 6.07) is 11.2. The van der Waals surface area contributed by atoms with Gasteiger partial charge in [0.25, 0.3) is 0 Å². The number of rotatable bonds is 4. The quantitative estimate of drug-likeness (QED) is 0.917. The summed E-state index contributed by atoms with van der Waals surface area (Å²) in [5.41, 5.74) is 1.79. The largest absolute Gasteiger partial charge is 0.497 e. The maximum Gasteiger partial charge on any atom is 0.231 e. The minimum absolute atomic E-state index is 0.232. The molecule has 110 valence electrons. The van der Waals surface area contributed by atoms with Crippen LogP contribution in [0.5, 0.6) is 17.2 Å². The molecule has 1 unspecified atom stereocenters. The van der Waals surface area contributed by atoms with Crippen molar-refractivity contribution in [1.29, 1.82) is 0 Å². The van der Waals surface area contributed by atoms with Gasteiger partial charge in [-0.1, -0.05) is 22.0 Å². The fourth-order valence-electron chi connectivity index (χ4n) is 2.28. The lowest BCUT2D eigenvalue weighted by Crippen LogP contribution is -2.03. The predicted molar refractivity (Wildman–Crippen MR) is 81.9 cm³/mol. The number of halogens is 1. The van der Waals surface area contributed by atoms with Gasteiger partial charge in [0.05, 0.1) is 13.2 Å². The number of fused-ring (bicyclic) bond motifs is 1. The molecular weight excluding hydrogens is 336 g/mol. The van der Waals surface area contributed by atoms with Gasteiger partial charge in [-0.3, -0.25) is 0 Å². The molecule has 1 heterocycles. The number of benzene rings is 2. The lowest BCUT2D eigenvalue weighted by molar-refractivity contribution is 0.171. The molecule has 0 bridgehead atoms. The van der Waals surface area contributed by atoms with E-state index in [-0.39, 0.29) is 6.79 Å². The summed E-state index contributed by atoms with van der Waals surface area (Å²) in [6.07, 6.45) is -0.139. The Morgan fingerprint density at radius 1 is 1.19 bits per heavy atom. The van der Waals surface area contributed by atoms with Crippen LogP contribution >= 0.6 is 15.9 Å². The van der Waals surface area contributed by atoms with Crippen molar-refractivity contribution in [2.75, 3.05) is 13.9 Å². The lowest BCUT2D eigenvalue weighted by atomic mass is 10.0. The Kier molecular flexibility index (Phi) is 4.03. The molecule has 2 aromatic carbocycles. The molecule has 3 rings (SSSR count). The second-order valence-electron chi connectivity index (χ2n) is 4.79. The summed E-state index contributed by atoms with van der Waals surface area (Å²) in [4.78, 5) is 0. The molecule has 0 radical (unpaired) electrons. The Morgan fingerprint density at radius 2 is 2.00 bits per heavy atom. The Bertz CT molecular complexity index is 657. The van der Waals surface area contributed by atoms with Gasteiger partial charge < -0.3 is 19.3 Å². The molecule has 21 heavy (non-hydrogen) atoms. The lowest BCUT2D eigenvalue weighted by Gasteiger charge is -2.14. The zero-order valence-corrected chi connectivity index (χ0v) is 13.1. The van der Waals surface area contributed by atoms with Crippen LogP contribution in [0.3, 0.4) is 0 Å². The summed E-state index contributed by atoms with van der Waals surface area (Å²) in [7, 11) is 1.63. The van der Waals surface area contributed by atoms with Crippen molar-refractivity contribution in [2.45, 2.75) is 12.5 Å². The van der Waals surface area contributed by atoms with Gasteiger partial charge in [0.2, 0.25) is 6.79 Å². The fraction of sp³-hybridized carbons (Fsp3) is 0.250. The van der Waals surface area contributed by atoms with E-state index in [0.29, 0.717) is 17.9 Å². The molecule has 1 aliphatic heterocycles. The van der Waals surface area contributed by atoms with E-state index in [9.17, 15) is 5.11 Å². The third-order valence-corrected chi connectivity index (χ3v) is 4.22. The van der Waals surface area contributed by atoms with Gasteiger partial charge in [0.1, 0.15) is 5.75 Å². The average Bonchev–Trinajstić information content (AvgIpc) is 2.96. The number of methoxy groups -OCH3 is 1. The first-order valence-corrected chi connectivity index (χ1v) is 7.36. The monoisotopic (exact) mass is 350 g/mol. The topological polar surface area (TPSA) is 47.9 Å². The first-order chi connectivity index (χ1) is 10.2. The zero-order valence-electron chi connectivity index (χ0n) is 11.5. The second-order valence-corrected chi connectivity index (χ2v) is 5.64. The highest BCUT2D eigenvalue weighted by molar-refractivity contribution is 9.10. The van der Waals surface area contributed by atoms with E-state index in [2.05, 4.69) is 15.9 Å². The standard InChI is InChI=1S/C16H15BrO4/c1-19-12-3-4-13(17)11(6-12)7-14(18)10-2-5-15-16(8-10)21-9-20-15/h2-6,8,14,18H,7,9H2,1H3. The molecular formula is C16H15BrO4. The van der Waals surface area contributed by atoms with E-state index >= 15 is 0 Å². The number of hydrogen-bond donors (Lipinski definition) is 1. The van der Waals surface area contributed by atoms with Gasteiger partial charge >= 0.3 is 0 Å². The highest BCUT2D eigenvalue weighted by Gasteiger charge is 2.17. The highest BCUT2D eigenvalue weighted by atomic mass is 79.9. The van der Waals surface area contributed by atoms with Crippen molar-refractivity contribution in [1.82, 2.24) is 0 Å². The number of aliphatic hydroxyl groups excluding tert-OH is 1. The molecule has 2 aromatic rings. The van der Waals surface area contributed by atoms with Crippen molar-refractivity contribution in [2.24, 2.45) is 0 Å². The van der Waals surface area contributed by atoms with Crippen molar-refractivity contribution in [3.05, 3.63) is 52.0 Å². The van der Waals surface area contributed by atoms with Gasteiger partial charge in [-0.25, -0.2) is 0 Å². The fourth-order valence-corrected chi connectivity index (χ4v) is 2.69. The van der Waals surface area contributed by atoms with Crippen LogP contribution in [0.15, 0.2) is 40.9 Å². The van der Waals surface area contributed by atoms with Crippen LogP contribution in [0.2, 0.25) is 0 Å². The Hall–Kier alpha value is -1.72. The molecule has 0 amide bonds. The third kappa shape index (κ3) is 2.99. The Balaban J connectivity index is 1.81. The van der Waals surface area contributed by atoms with E-state index in [1.165, 1.54) is 0 Å². The van der Waals surface area contributed by atoms with Crippen molar-refractivity contribution in [3.8, 4) is 17.2 Å². The van der Waals surface area contributed by atoms with E-state index in [1.54, 1.807) is 7.11 Å². The maximum atomic E-state index is 10.4. The number of hydrogen-bond acceptors (Lipinski definition) is 4. The molecule has 0 aliphatic carbocycles. The van der Waals surface area contributed by atoms with Crippen molar-refractivity contribution in [3.63, 3.8) is 0 Å². The number of aliphatic hydroxyl groups is 1. The third-order valence-electron chi connectivity index (χ3n) is 3.45. The van der Waals surface area contributed by atoms with Crippen LogP contribution in [0.4, 0.5) is 0 Å². The predicted octanol–water partition coefficient (Wildman–Crippen LogP) is 3.46. The van der Waals surface area contributed by atoms with Gasteiger partial charge in [0, 0.05) is 10.9 Å². The van der Waals surface area contributed by atoms with Gasteiger partial charge in [0.15, 0.2) is 11.5 Å². The van der Waals surface area contributed by atoms with E-state index in [1.807, 2.05) is 36.4 Å². The van der Waals surface area contributed by atoms with Crippen LogP contribution in [0.1, 0.15) is 17.2 Å². The van der Waals surface area contributed by atoms with Gasteiger partial charge in [-0.05, 0) is 41.5 Å². The van der Waals surface area contributed by atoms with E-state index in [4.69, 9.17) is 14.2 Å². The van der Waals surface area contributed by atoms with Crippen molar-refractivity contribution >= 4 is 15.9 Å². The Labute approximate surface area is 131 Å². The molecule has 4 nitrogen and oxygen atoms in total. The van der Waals surface area contributed by atoms with Gasteiger partial charge in [-0.2, -0.15) is 0 Å². The maximum absolute atomic E-state index is 10.4. The summed E-state index contributed by atoms with van der Waals surface area (Å²) in [5, 5.41) is 10.4. The summed E-state index contributed by atoms with van der Waals surface area (Å²) >= 11 is 3.50. The average molecular weight is 351 g/mol. The second kappa shape index (κ2) is 5.95. The first-order valence-electron chi connectivity index (χ1n) is 6.57. The summed E-state index contributed by atoms with van der Waals surface area (Å²) < 4.78 is 16.8. The van der Waals surface area contributed by atoms with Crippen LogP contribution in [-0.2, 0) is 6.42 Å². The minimum atomic E-state index is -0.622. The van der Waals surface area contributed by atoms with Crippen LogP contribution in [-0.4, -0.2) is 19.0 Å². The first kappa shape index (κ1) is 14.2. The van der Waals surface area contributed by atoms with Crippen LogP contribution in [0.25, 0.3) is 0 Å². The molecule has 0 fully saturated rings. The van der Waals surface area contributed by atoms with E-state index in [0.717, 1.165) is 21.3 Å². The molecule has 5 heteroatoms. The smallest absolute Gasteiger partial charge is 0.231 e. The molecule has 1 aliphatic rings. The summed E-state index contributed by atoms with van der Waals surface area (Å²) in [6.45, 7) is 0.232. The van der Waals surface area contributed by atoms with Crippen LogP contribution in [0, 0.1) is 0 Å². The molecule has 0 saturated heterocycles. The van der Waals surface area contributed by atoms with Crippen molar-refractivity contribution < 1.29 is 19.3 Å². The van der Waals surface area contributed by atoms with Crippen LogP contribution < -0.4 is 14.2 Å². The number of ether oxygens (including phenoxy) is 3. The SMILES string of the molecule is COc1ccc(Br)c(CC(O)c2ccc3c(c2)OCO3)c1. The van der Waals surface area contributed by atoms with Gasteiger partial charge in [-0.15, -0.1) is 0 Å². The summed E-state index contributed by atoms with van der Waals surface area (Å²) in [5.74, 6) is 2.16. The highest BCUT2D eigenvalue weighted by Crippen LogP contribution is 2.35.